The minimum atomic E-state index is -0.592. The van der Waals surface area contributed by atoms with Crippen LogP contribution in [-0.4, -0.2) is 17.1 Å². The first-order valence-corrected chi connectivity index (χ1v) is 11.3. The Balaban J connectivity index is 1.87. The van der Waals surface area contributed by atoms with E-state index in [-0.39, 0.29) is 12.2 Å². The number of thiazole rings is 1. The molecule has 5 nitrogen and oxygen atoms in total. The molecular formula is C26H24N2O3S. The minimum absolute atomic E-state index is 0.175. The summed E-state index contributed by atoms with van der Waals surface area (Å²) in [5.41, 5.74) is 3.85. The normalized spacial score (nSPS) is 16.2. The predicted octanol–water partition coefficient (Wildman–Crippen LogP) is 3.77. The molecule has 2 heterocycles. The molecule has 4 rings (SSSR count). The number of nitrogens with zero attached hydrogens (tertiary/aromatic N) is 2. The SMILES string of the molecule is CCOC(=O)C1=C(C)N=c2s/c(=C/c3ccc(C)cc3)c(=O)n2C1/C=C/c1ccccc1. The standard InChI is InChI=1S/C26H24N2O3S/c1-4-31-25(30)23-18(3)27-26-28(21(23)15-14-19-8-6-5-7-9-19)24(29)22(32-26)16-20-12-10-17(2)11-13-20/h5-16,21H,4H2,1-3H3/b15-14+,22-16+. The van der Waals surface area contributed by atoms with E-state index in [0.29, 0.717) is 20.6 Å². The van der Waals surface area contributed by atoms with Gasteiger partial charge in [0.1, 0.15) is 0 Å². The molecule has 1 atom stereocenters. The summed E-state index contributed by atoms with van der Waals surface area (Å²) in [7, 11) is 0. The van der Waals surface area contributed by atoms with E-state index in [0.717, 1.165) is 16.7 Å². The highest BCUT2D eigenvalue weighted by Gasteiger charge is 2.30. The van der Waals surface area contributed by atoms with Crippen LogP contribution in [0, 0.1) is 6.92 Å². The molecule has 1 aliphatic heterocycles. The molecule has 0 saturated heterocycles. The fourth-order valence-corrected chi connectivity index (χ4v) is 4.65. The third-order valence-electron chi connectivity index (χ3n) is 5.20. The van der Waals surface area contributed by atoms with Crippen molar-refractivity contribution in [3.8, 4) is 0 Å². The van der Waals surface area contributed by atoms with E-state index in [1.165, 1.54) is 11.3 Å². The maximum Gasteiger partial charge on any atom is 0.338 e. The fourth-order valence-electron chi connectivity index (χ4n) is 3.60. The molecule has 0 bridgehead atoms. The highest BCUT2D eigenvalue weighted by atomic mass is 32.1. The summed E-state index contributed by atoms with van der Waals surface area (Å²) in [5.74, 6) is -0.454. The Morgan fingerprint density at radius 1 is 1.09 bits per heavy atom. The number of benzene rings is 2. The average Bonchev–Trinajstić information content (AvgIpc) is 3.09. The molecule has 0 spiro atoms. The van der Waals surface area contributed by atoms with Gasteiger partial charge in [-0.2, -0.15) is 0 Å². The number of esters is 1. The third kappa shape index (κ3) is 4.41. The van der Waals surface area contributed by atoms with E-state index in [4.69, 9.17) is 4.74 Å². The summed E-state index contributed by atoms with van der Waals surface area (Å²) >= 11 is 1.33. The van der Waals surface area contributed by atoms with E-state index in [1.54, 1.807) is 18.4 Å². The van der Waals surface area contributed by atoms with Gasteiger partial charge in [-0.3, -0.25) is 9.36 Å². The molecule has 0 fully saturated rings. The van der Waals surface area contributed by atoms with Gasteiger partial charge in [0.05, 0.1) is 28.5 Å². The topological polar surface area (TPSA) is 60.7 Å². The number of rotatable bonds is 5. The van der Waals surface area contributed by atoms with Crippen molar-refractivity contribution < 1.29 is 9.53 Å². The van der Waals surface area contributed by atoms with E-state index in [1.807, 2.05) is 79.7 Å². The van der Waals surface area contributed by atoms with Gasteiger partial charge < -0.3 is 4.74 Å². The lowest BCUT2D eigenvalue weighted by Gasteiger charge is -2.21. The highest BCUT2D eigenvalue weighted by molar-refractivity contribution is 7.07. The molecule has 1 aliphatic rings. The molecule has 0 N–H and O–H groups in total. The van der Waals surface area contributed by atoms with Crippen molar-refractivity contribution in [2.45, 2.75) is 26.8 Å². The lowest BCUT2D eigenvalue weighted by atomic mass is 10.0. The summed E-state index contributed by atoms with van der Waals surface area (Å²) in [6.07, 6.45) is 5.65. The van der Waals surface area contributed by atoms with Crippen LogP contribution in [0.25, 0.3) is 12.2 Å². The van der Waals surface area contributed by atoms with Gasteiger partial charge in [0.2, 0.25) is 0 Å². The van der Waals surface area contributed by atoms with Gasteiger partial charge in [-0.1, -0.05) is 83.6 Å². The Hall–Kier alpha value is -3.51. The van der Waals surface area contributed by atoms with Crippen LogP contribution in [0.1, 0.15) is 36.6 Å². The first kappa shape index (κ1) is 21.7. The number of allylic oxidation sites excluding steroid dienone is 2. The number of carbonyl (C=O) groups is 1. The lowest BCUT2D eigenvalue weighted by Crippen LogP contribution is -2.38. The van der Waals surface area contributed by atoms with Gasteiger partial charge >= 0.3 is 5.97 Å². The van der Waals surface area contributed by atoms with Gasteiger partial charge in [-0.15, -0.1) is 0 Å². The van der Waals surface area contributed by atoms with E-state index < -0.39 is 12.0 Å². The van der Waals surface area contributed by atoms with Crippen LogP contribution >= 0.6 is 11.3 Å². The van der Waals surface area contributed by atoms with Gasteiger partial charge in [0, 0.05) is 0 Å². The number of hydrogen-bond donors (Lipinski definition) is 0. The number of aryl methyl sites for hydroxylation is 1. The summed E-state index contributed by atoms with van der Waals surface area (Å²) in [6, 6.07) is 17.2. The molecule has 1 aromatic heterocycles. The van der Waals surface area contributed by atoms with Gasteiger partial charge in [-0.05, 0) is 38.0 Å². The van der Waals surface area contributed by atoms with Crippen LogP contribution in [0.5, 0.6) is 0 Å². The number of ether oxygens (including phenoxy) is 1. The molecule has 32 heavy (non-hydrogen) atoms. The van der Waals surface area contributed by atoms with E-state index in [2.05, 4.69) is 4.99 Å². The van der Waals surface area contributed by atoms with Crippen molar-refractivity contribution in [2.75, 3.05) is 6.61 Å². The third-order valence-corrected chi connectivity index (χ3v) is 6.19. The Morgan fingerprint density at radius 2 is 1.81 bits per heavy atom. The number of carbonyl (C=O) groups excluding carboxylic acids is 1. The zero-order chi connectivity index (χ0) is 22.7. The lowest BCUT2D eigenvalue weighted by molar-refractivity contribution is -0.139. The van der Waals surface area contributed by atoms with Crippen molar-refractivity contribution in [1.29, 1.82) is 0 Å². The van der Waals surface area contributed by atoms with Crippen molar-refractivity contribution in [2.24, 2.45) is 4.99 Å². The average molecular weight is 445 g/mol. The maximum atomic E-state index is 13.4. The molecule has 2 aromatic carbocycles. The number of hydrogen-bond acceptors (Lipinski definition) is 5. The number of aromatic nitrogens is 1. The molecule has 162 valence electrons. The Labute approximate surface area is 190 Å². The molecule has 0 saturated carbocycles. The van der Waals surface area contributed by atoms with Crippen LogP contribution in [-0.2, 0) is 9.53 Å². The first-order chi connectivity index (χ1) is 15.5. The second-order valence-corrected chi connectivity index (χ2v) is 8.53. The van der Waals surface area contributed by atoms with Crippen molar-refractivity contribution in [3.63, 3.8) is 0 Å². The van der Waals surface area contributed by atoms with Crippen LogP contribution < -0.4 is 14.9 Å². The molecule has 3 aromatic rings. The summed E-state index contributed by atoms with van der Waals surface area (Å²) in [4.78, 5) is 31.4. The zero-order valence-corrected chi connectivity index (χ0v) is 19.1. The summed E-state index contributed by atoms with van der Waals surface area (Å²) in [6.45, 7) is 5.82. The molecule has 0 radical (unpaired) electrons. The summed E-state index contributed by atoms with van der Waals surface area (Å²) < 4.78 is 7.45. The Kier molecular flexibility index (Phi) is 6.32. The second kappa shape index (κ2) is 9.32. The fraction of sp³-hybridized carbons (Fsp3) is 0.192. The molecule has 6 heteroatoms. The van der Waals surface area contributed by atoms with E-state index >= 15 is 0 Å². The van der Waals surface area contributed by atoms with Crippen molar-refractivity contribution in [3.05, 3.63) is 108 Å². The van der Waals surface area contributed by atoms with Crippen molar-refractivity contribution >= 4 is 29.5 Å². The van der Waals surface area contributed by atoms with Gasteiger partial charge in [0.25, 0.3) is 5.56 Å². The summed E-state index contributed by atoms with van der Waals surface area (Å²) in [5, 5.41) is 0. The molecular weight excluding hydrogens is 420 g/mol. The van der Waals surface area contributed by atoms with Crippen LogP contribution in [0.4, 0.5) is 0 Å². The smallest absolute Gasteiger partial charge is 0.338 e. The molecule has 0 aliphatic carbocycles. The molecule has 1 unspecified atom stereocenters. The van der Waals surface area contributed by atoms with Gasteiger partial charge in [-0.25, -0.2) is 9.79 Å². The van der Waals surface area contributed by atoms with Gasteiger partial charge in [0.15, 0.2) is 4.80 Å². The second-order valence-electron chi connectivity index (χ2n) is 7.53. The Morgan fingerprint density at radius 3 is 2.50 bits per heavy atom. The van der Waals surface area contributed by atoms with Crippen LogP contribution in [0.15, 0.2) is 81.7 Å². The molecule has 0 amide bonds. The zero-order valence-electron chi connectivity index (χ0n) is 18.2. The predicted molar refractivity (Wildman–Crippen MR) is 128 cm³/mol. The quantitative estimate of drug-likeness (QED) is 0.563. The van der Waals surface area contributed by atoms with E-state index in [9.17, 15) is 9.59 Å². The van der Waals surface area contributed by atoms with Crippen LogP contribution in [0.3, 0.4) is 0 Å². The monoisotopic (exact) mass is 444 g/mol. The minimum Gasteiger partial charge on any atom is -0.463 e. The maximum absolute atomic E-state index is 13.4. The van der Waals surface area contributed by atoms with Crippen LogP contribution in [0.2, 0.25) is 0 Å². The number of fused-ring (bicyclic) bond motifs is 1. The highest BCUT2D eigenvalue weighted by Crippen LogP contribution is 2.26. The first-order valence-electron chi connectivity index (χ1n) is 10.5. The van der Waals surface area contributed by atoms with Crippen molar-refractivity contribution in [1.82, 2.24) is 4.57 Å². The largest absolute Gasteiger partial charge is 0.463 e. The Bertz CT molecular complexity index is 1380.